The Hall–Kier alpha value is -0.570. The van der Waals surface area contributed by atoms with Gasteiger partial charge in [-0.05, 0) is 18.8 Å². The van der Waals surface area contributed by atoms with Crippen molar-refractivity contribution >= 4 is 5.97 Å². The first-order valence-corrected chi connectivity index (χ1v) is 3.09. The second-order valence-electron chi connectivity index (χ2n) is 2.46. The Morgan fingerprint density at radius 3 is 2.33 bits per heavy atom. The Labute approximate surface area is 53.3 Å². The van der Waals surface area contributed by atoms with Gasteiger partial charge in [-0.15, -0.1) is 0 Å². The van der Waals surface area contributed by atoms with Crippen LogP contribution in [-0.2, 0) is 4.79 Å². The van der Waals surface area contributed by atoms with E-state index >= 15 is 0 Å². The van der Waals surface area contributed by atoms with E-state index in [9.17, 15) is 4.79 Å². The molecule has 0 aromatic rings. The van der Waals surface area contributed by atoms with E-state index in [0.29, 0.717) is 0 Å². The number of carboxylic acids is 1. The van der Waals surface area contributed by atoms with E-state index in [4.69, 9.17) is 10.2 Å². The summed E-state index contributed by atoms with van der Waals surface area (Å²) in [6.45, 7) is 0.0248. The summed E-state index contributed by atoms with van der Waals surface area (Å²) < 4.78 is 0. The van der Waals surface area contributed by atoms with Crippen LogP contribution in [0.2, 0.25) is 0 Å². The fourth-order valence-corrected chi connectivity index (χ4v) is 1.11. The van der Waals surface area contributed by atoms with Crippen molar-refractivity contribution in [3.63, 3.8) is 0 Å². The molecule has 52 valence electrons. The first kappa shape index (κ1) is 6.55. The average molecular weight is 130 g/mol. The zero-order valence-electron chi connectivity index (χ0n) is 5.08. The van der Waals surface area contributed by atoms with Crippen LogP contribution in [0, 0.1) is 11.8 Å². The van der Waals surface area contributed by atoms with Crippen LogP contribution in [0.4, 0.5) is 0 Å². The molecule has 1 aliphatic carbocycles. The maximum Gasteiger partial charge on any atom is 0.306 e. The van der Waals surface area contributed by atoms with Crippen LogP contribution in [0.25, 0.3) is 0 Å². The first-order valence-electron chi connectivity index (χ1n) is 3.09. The Bertz CT molecular complexity index is 119. The monoisotopic (exact) mass is 130 g/mol. The minimum Gasteiger partial charge on any atom is -0.481 e. The van der Waals surface area contributed by atoms with Crippen LogP contribution in [0.1, 0.15) is 12.8 Å². The lowest BCUT2D eigenvalue weighted by Crippen LogP contribution is -2.34. The molecule has 0 aromatic carbocycles. The molecule has 9 heavy (non-hydrogen) atoms. The molecule has 3 heteroatoms. The Morgan fingerprint density at radius 2 is 2.22 bits per heavy atom. The number of aliphatic hydroxyl groups excluding tert-OH is 1. The molecular formula is C6H10O3. The summed E-state index contributed by atoms with van der Waals surface area (Å²) in [4.78, 5) is 10.2. The second-order valence-corrected chi connectivity index (χ2v) is 2.46. The Balaban J connectivity index is 2.35. The summed E-state index contributed by atoms with van der Waals surface area (Å²) in [5.41, 5.74) is 0. The van der Waals surface area contributed by atoms with Gasteiger partial charge in [0, 0.05) is 6.61 Å². The first-order chi connectivity index (χ1) is 4.25. The molecule has 0 heterocycles. The van der Waals surface area contributed by atoms with Gasteiger partial charge in [0.2, 0.25) is 0 Å². The van der Waals surface area contributed by atoms with Crippen molar-refractivity contribution in [3.8, 4) is 0 Å². The van der Waals surface area contributed by atoms with E-state index in [1.807, 2.05) is 0 Å². The molecule has 1 fully saturated rings. The van der Waals surface area contributed by atoms with Gasteiger partial charge < -0.3 is 10.2 Å². The number of carbonyl (C=O) groups is 1. The van der Waals surface area contributed by atoms with Gasteiger partial charge in [-0.25, -0.2) is 0 Å². The van der Waals surface area contributed by atoms with Crippen molar-refractivity contribution in [1.29, 1.82) is 0 Å². The smallest absolute Gasteiger partial charge is 0.306 e. The number of rotatable bonds is 2. The number of aliphatic hydroxyl groups is 1. The molecule has 0 saturated heterocycles. The number of hydrogen-bond acceptors (Lipinski definition) is 2. The molecule has 1 aliphatic rings. The van der Waals surface area contributed by atoms with Gasteiger partial charge in [0.15, 0.2) is 0 Å². The average Bonchev–Trinajstić information content (AvgIpc) is 1.61. The molecule has 0 spiro atoms. The number of hydrogen-bond donors (Lipinski definition) is 2. The summed E-state index contributed by atoms with van der Waals surface area (Å²) in [5, 5.41) is 17.0. The van der Waals surface area contributed by atoms with Crippen LogP contribution < -0.4 is 0 Å². The zero-order chi connectivity index (χ0) is 6.85. The van der Waals surface area contributed by atoms with Crippen molar-refractivity contribution < 1.29 is 15.0 Å². The van der Waals surface area contributed by atoms with E-state index in [1.165, 1.54) is 0 Å². The molecule has 3 nitrogen and oxygen atoms in total. The van der Waals surface area contributed by atoms with Gasteiger partial charge in [-0.1, -0.05) is 0 Å². The third kappa shape index (κ3) is 1.05. The maximum atomic E-state index is 10.2. The van der Waals surface area contributed by atoms with Crippen molar-refractivity contribution in [2.24, 2.45) is 11.8 Å². The van der Waals surface area contributed by atoms with Crippen LogP contribution in [-0.4, -0.2) is 22.8 Å². The molecule has 2 atom stereocenters. The second kappa shape index (κ2) is 2.35. The van der Waals surface area contributed by atoms with Gasteiger partial charge in [0.05, 0.1) is 5.92 Å². The quantitative estimate of drug-likeness (QED) is 0.557. The molecule has 2 N–H and O–H groups in total. The highest BCUT2D eigenvalue weighted by molar-refractivity contribution is 5.71. The molecule has 0 radical (unpaired) electrons. The van der Waals surface area contributed by atoms with Gasteiger partial charge in [-0.3, -0.25) is 4.79 Å². The van der Waals surface area contributed by atoms with Gasteiger partial charge in [-0.2, -0.15) is 0 Å². The molecule has 0 amide bonds. The van der Waals surface area contributed by atoms with Crippen molar-refractivity contribution in [2.45, 2.75) is 12.8 Å². The van der Waals surface area contributed by atoms with E-state index in [-0.39, 0.29) is 18.4 Å². The molecule has 1 rings (SSSR count). The number of aliphatic carboxylic acids is 1. The third-order valence-electron chi connectivity index (χ3n) is 1.97. The van der Waals surface area contributed by atoms with E-state index in [1.54, 1.807) is 0 Å². The molecule has 0 unspecified atom stereocenters. The predicted molar refractivity (Wildman–Crippen MR) is 30.9 cm³/mol. The highest BCUT2D eigenvalue weighted by Crippen LogP contribution is 2.33. The van der Waals surface area contributed by atoms with Gasteiger partial charge in [0.1, 0.15) is 0 Å². The molecule has 0 aliphatic heterocycles. The molecule has 1 saturated carbocycles. The lowest BCUT2D eigenvalue weighted by Gasteiger charge is -2.31. The summed E-state index contributed by atoms with van der Waals surface area (Å²) in [6, 6.07) is 0. The molecule has 0 bridgehead atoms. The molecule has 0 aromatic heterocycles. The minimum absolute atomic E-state index is 0.0248. The SMILES string of the molecule is O=C(O)[C@@H]1CC[C@H]1CO. The van der Waals surface area contributed by atoms with Crippen molar-refractivity contribution in [2.75, 3.05) is 6.61 Å². The van der Waals surface area contributed by atoms with Crippen molar-refractivity contribution in [1.82, 2.24) is 0 Å². The third-order valence-corrected chi connectivity index (χ3v) is 1.97. The summed E-state index contributed by atoms with van der Waals surface area (Å²) in [7, 11) is 0. The van der Waals surface area contributed by atoms with Gasteiger partial charge >= 0.3 is 5.97 Å². The topological polar surface area (TPSA) is 57.5 Å². The predicted octanol–water partition coefficient (Wildman–Crippen LogP) is 0.0895. The Morgan fingerprint density at radius 1 is 1.56 bits per heavy atom. The highest BCUT2D eigenvalue weighted by Gasteiger charge is 2.35. The Kier molecular flexibility index (Phi) is 1.71. The highest BCUT2D eigenvalue weighted by atomic mass is 16.4. The summed E-state index contributed by atoms with van der Waals surface area (Å²) in [6.07, 6.45) is 1.61. The normalized spacial score (nSPS) is 33.4. The maximum absolute atomic E-state index is 10.2. The largest absolute Gasteiger partial charge is 0.481 e. The summed E-state index contributed by atoms with van der Waals surface area (Å²) in [5.74, 6) is -1.00. The van der Waals surface area contributed by atoms with E-state index in [0.717, 1.165) is 12.8 Å². The lowest BCUT2D eigenvalue weighted by molar-refractivity contribution is -0.148. The number of carboxylic acid groups (broad SMARTS) is 1. The van der Waals surface area contributed by atoms with Crippen LogP contribution >= 0.6 is 0 Å². The van der Waals surface area contributed by atoms with Crippen LogP contribution in [0.15, 0.2) is 0 Å². The minimum atomic E-state index is -0.764. The van der Waals surface area contributed by atoms with Gasteiger partial charge in [0.25, 0.3) is 0 Å². The molecular weight excluding hydrogens is 120 g/mol. The van der Waals surface area contributed by atoms with Crippen molar-refractivity contribution in [3.05, 3.63) is 0 Å². The van der Waals surface area contributed by atoms with E-state index < -0.39 is 5.97 Å². The standard InChI is InChI=1S/C6H10O3/c7-3-4-1-2-5(4)6(8)9/h4-5,7H,1-3H2,(H,8,9)/t4-,5+/m0/s1. The lowest BCUT2D eigenvalue weighted by atomic mass is 9.74. The van der Waals surface area contributed by atoms with Crippen LogP contribution in [0.3, 0.4) is 0 Å². The zero-order valence-corrected chi connectivity index (χ0v) is 5.08. The fraction of sp³-hybridized carbons (Fsp3) is 0.833. The summed E-state index contributed by atoms with van der Waals surface area (Å²) >= 11 is 0. The van der Waals surface area contributed by atoms with E-state index in [2.05, 4.69) is 0 Å². The van der Waals surface area contributed by atoms with Crippen LogP contribution in [0.5, 0.6) is 0 Å². The fourth-order valence-electron chi connectivity index (χ4n) is 1.11.